The number of methoxy groups -OCH3 is 1. The van der Waals surface area contributed by atoms with E-state index in [1.807, 2.05) is 54.4 Å². The fourth-order valence-electron chi connectivity index (χ4n) is 3.35. The molecule has 0 bridgehead atoms. The van der Waals surface area contributed by atoms with Crippen molar-refractivity contribution >= 4 is 35.6 Å². The second-order valence-electron chi connectivity index (χ2n) is 8.21. The van der Waals surface area contributed by atoms with E-state index in [9.17, 15) is 9.59 Å². The van der Waals surface area contributed by atoms with Crippen LogP contribution in [0, 0.1) is 11.3 Å². The largest absolute Gasteiger partial charge is 0.462 e. The fraction of sp³-hybridized carbons (Fsp3) is 0.286. The Hall–Kier alpha value is -4.26. The first-order valence-electron chi connectivity index (χ1n) is 11.7. The van der Waals surface area contributed by atoms with Crippen LogP contribution >= 0.6 is 0 Å². The van der Waals surface area contributed by atoms with Gasteiger partial charge in [-0.05, 0) is 47.5 Å². The van der Waals surface area contributed by atoms with Gasteiger partial charge < -0.3 is 19.1 Å². The zero-order valence-electron chi connectivity index (χ0n) is 21.2. The minimum absolute atomic E-state index is 0.0974. The second-order valence-corrected chi connectivity index (χ2v) is 8.21. The van der Waals surface area contributed by atoms with Gasteiger partial charge in [0.15, 0.2) is 0 Å². The predicted molar refractivity (Wildman–Crippen MR) is 142 cm³/mol. The number of carbonyl (C=O) groups excluding carboxylic acids is 2. The highest BCUT2D eigenvalue weighted by Crippen LogP contribution is 2.20. The first kappa shape index (κ1) is 27.3. The molecule has 1 aliphatic rings. The number of amidine groups is 1. The molecule has 2 aromatic rings. The number of aliphatic imine (C=N–C) groups is 1. The van der Waals surface area contributed by atoms with Crippen molar-refractivity contribution < 1.29 is 23.8 Å². The molecule has 1 heterocycles. The van der Waals surface area contributed by atoms with Gasteiger partial charge >= 0.3 is 5.97 Å². The standard InChI is InChI=1S/C28H30N4O5/c1-31(14-15-37-27(33)20-36-17-16-35-3)24-11-8-22(9-12-24)18-25-28(34)32(2)26(30-25)13-10-21-4-6-23(19-29)7-5-21/h4-13,18H,14-17,20H2,1-3H3/b13-10+,25-18-. The summed E-state index contributed by atoms with van der Waals surface area (Å²) in [5.41, 5.74) is 3.63. The summed E-state index contributed by atoms with van der Waals surface area (Å²) in [5, 5.41) is 8.91. The van der Waals surface area contributed by atoms with Crippen molar-refractivity contribution in [1.29, 1.82) is 5.26 Å². The van der Waals surface area contributed by atoms with Gasteiger partial charge in [0, 0.05) is 26.9 Å². The molecule has 1 amide bonds. The molecule has 0 atom stereocenters. The number of benzene rings is 2. The molecule has 0 aromatic heterocycles. The third-order valence-electron chi connectivity index (χ3n) is 5.55. The molecular formula is C28H30N4O5. The van der Waals surface area contributed by atoms with Gasteiger partial charge in [-0.3, -0.25) is 9.69 Å². The van der Waals surface area contributed by atoms with Crippen LogP contribution in [-0.2, 0) is 23.8 Å². The molecule has 0 saturated heterocycles. The number of ether oxygens (including phenoxy) is 3. The van der Waals surface area contributed by atoms with Crippen LogP contribution in [0.15, 0.2) is 65.3 Å². The lowest BCUT2D eigenvalue weighted by Gasteiger charge is -2.19. The maximum atomic E-state index is 12.7. The Morgan fingerprint density at radius 1 is 1.05 bits per heavy atom. The van der Waals surface area contributed by atoms with E-state index in [-0.39, 0.29) is 19.1 Å². The van der Waals surface area contributed by atoms with E-state index >= 15 is 0 Å². The first-order chi connectivity index (χ1) is 17.9. The number of carbonyl (C=O) groups is 2. The fourth-order valence-corrected chi connectivity index (χ4v) is 3.35. The number of likely N-dealkylation sites (N-methyl/N-ethyl adjacent to an activating group) is 2. The molecule has 1 aliphatic heterocycles. The van der Waals surface area contributed by atoms with E-state index in [2.05, 4.69) is 11.1 Å². The normalized spacial score (nSPS) is 14.2. The quantitative estimate of drug-likeness (QED) is 0.249. The van der Waals surface area contributed by atoms with Gasteiger partial charge in [-0.1, -0.05) is 30.3 Å². The van der Waals surface area contributed by atoms with Crippen LogP contribution in [0.3, 0.4) is 0 Å². The Morgan fingerprint density at radius 3 is 2.43 bits per heavy atom. The molecule has 3 rings (SSSR count). The van der Waals surface area contributed by atoms with Crippen molar-refractivity contribution in [2.24, 2.45) is 4.99 Å². The van der Waals surface area contributed by atoms with Gasteiger partial charge in [0.05, 0.1) is 31.4 Å². The first-order valence-corrected chi connectivity index (χ1v) is 11.7. The highest BCUT2D eigenvalue weighted by molar-refractivity contribution is 6.18. The van der Waals surface area contributed by atoms with Gasteiger partial charge in [-0.2, -0.15) is 5.26 Å². The summed E-state index contributed by atoms with van der Waals surface area (Å²) in [6.07, 6.45) is 5.37. The number of rotatable bonds is 12. The number of hydrogen-bond acceptors (Lipinski definition) is 8. The SMILES string of the molecule is COCCOCC(=O)OCCN(C)c1ccc(/C=C2N=C(/C=C/c3ccc(C#N)cc3)N(C)C\2=O)cc1. The van der Waals surface area contributed by atoms with Crippen molar-refractivity contribution in [3.05, 3.63) is 77.0 Å². The third-order valence-corrected chi connectivity index (χ3v) is 5.55. The van der Waals surface area contributed by atoms with Gasteiger partial charge in [-0.15, -0.1) is 0 Å². The highest BCUT2D eigenvalue weighted by Gasteiger charge is 2.25. The van der Waals surface area contributed by atoms with Gasteiger partial charge in [0.2, 0.25) is 0 Å². The van der Waals surface area contributed by atoms with Crippen LogP contribution in [-0.4, -0.2) is 76.8 Å². The Kier molecular flexibility index (Phi) is 10.1. The van der Waals surface area contributed by atoms with Crippen molar-refractivity contribution in [2.45, 2.75) is 0 Å². The molecular weight excluding hydrogens is 472 g/mol. The zero-order chi connectivity index (χ0) is 26.6. The number of anilines is 1. The molecule has 0 unspecified atom stereocenters. The maximum Gasteiger partial charge on any atom is 0.332 e. The molecule has 9 heteroatoms. The summed E-state index contributed by atoms with van der Waals surface area (Å²) < 4.78 is 15.2. The predicted octanol–water partition coefficient (Wildman–Crippen LogP) is 3.13. The number of amides is 1. The Labute approximate surface area is 216 Å². The van der Waals surface area contributed by atoms with Crippen LogP contribution in [0.2, 0.25) is 0 Å². The van der Waals surface area contributed by atoms with Gasteiger partial charge in [0.25, 0.3) is 5.91 Å². The van der Waals surface area contributed by atoms with Gasteiger partial charge in [-0.25, -0.2) is 9.79 Å². The molecule has 37 heavy (non-hydrogen) atoms. The smallest absolute Gasteiger partial charge is 0.332 e. The molecule has 0 fully saturated rings. The van der Waals surface area contributed by atoms with E-state index in [4.69, 9.17) is 19.5 Å². The van der Waals surface area contributed by atoms with E-state index in [1.165, 1.54) is 4.90 Å². The summed E-state index contributed by atoms with van der Waals surface area (Å²) in [4.78, 5) is 32.3. The lowest BCUT2D eigenvalue weighted by Crippen LogP contribution is -2.26. The minimum Gasteiger partial charge on any atom is -0.462 e. The molecule has 9 nitrogen and oxygen atoms in total. The Morgan fingerprint density at radius 2 is 1.76 bits per heavy atom. The van der Waals surface area contributed by atoms with Crippen molar-refractivity contribution in [2.75, 3.05) is 59.1 Å². The average molecular weight is 503 g/mol. The van der Waals surface area contributed by atoms with Gasteiger partial charge in [0.1, 0.15) is 24.7 Å². The van der Waals surface area contributed by atoms with E-state index < -0.39 is 5.97 Å². The molecule has 0 aliphatic carbocycles. The van der Waals surface area contributed by atoms with Crippen LogP contribution in [0.4, 0.5) is 5.69 Å². The number of esters is 1. The summed E-state index contributed by atoms with van der Waals surface area (Å²) in [7, 11) is 5.15. The van der Waals surface area contributed by atoms with E-state index in [1.54, 1.807) is 38.4 Å². The van der Waals surface area contributed by atoms with Crippen LogP contribution in [0.5, 0.6) is 0 Å². The Balaban J connectivity index is 1.55. The number of nitrogens with zero attached hydrogens (tertiary/aromatic N) is 4. The monoisotopic (exact) mass is 502 g/mol. The van der Waals surface area contributed by atoms with Crippen molar-refractivity contribution in [1.82, 2.24) is 4.90 Å². The van der Waals surface area contributed by atoms with Crippen molar-refractivity contribution in [3.63, 3.8) is 0 Å². The molecule has 0 saturated carbocycles. The van der Waals surface area contributed by atoms with Crippen LogP contribution in [0.1, 0.15) is 16.7 Å². The third kappa shape index (κ3) is 8.14. The molecule has 0 N–H and O–H groups in total. The average Bonchev–Trinajstić information content (AvgIpc) is 3.18. The Bertz CT molecular complexity index is 1210. The number of hydrogen-bond donors (Lipinski definition) is 0. The lowest BCUT2D eigenvalue weighted by atomic mass is 10.1. The number of nitriles is 1. The topological polar surface area (TPSA) is 104 Å². The molecule has 2 aromatic carbocycles. The zero-order valence-corrected chi connectivity index (χ0v) is 21.2. The van der Waals surface area contributed by atoms with Crippen LogP contribution < -0.4 is 4.90 Å². The minimum atomic E-state index is -0.413. The van der Waals surface area contributed by atoms with E-state index in [0.717, 1.165) is 16.8 Å². The summed E-state index contributed by atoms with van der Waals surface area (Å²) >= 11 is 0. The molecule has 0 spiro atoms. The lowest BCUT2D eigenvalue weighted by molar-refractivity contribution is -0.149. The van der Waals surface area contributed by atoms with Crippen LogP contribution in [0.25, 0.3) is 12.2 Å². The molecule has 192 valence electrons. The molecule has 0 radical (unpaired) electrons. The highest BCUT2D eigenvalue weighted by atomic mass is 16.6. The van der Waals surface area contributed by atoms with Crippen molar-refractivity contribution in [3.8, 4) is 6.07 Å². The summed E-state index contributed by atoms with van der Waals surface area (Å²) in [5.74, 6) is -0.0614. The maximum absolute atomic E-state index is 12.7. The second kappa shape index (κ2) is 13.7. The summed E-state index contributed by atoms with van der Waals surface area (Å²) in [6.45, 7) is 1.44. The van der Waals surface area contributed by atoms with E-state index in [0.29, 0.717) is 36.9 Å². The summed E-state index contributed by atoms with van der Waals surface area (Å²) in [6, 6.07) is 16.9.